The summed E-state index contributed by atoms with van der Waals surface area (Å²) in [6.07, 6.45) is 10.8. The second kappa shape index (κ2) is 5.32. The number of anilines is 1. The molecule has 0 amide bonds. The number of nitrogens with zero attached hydrogens (tertiary/aromatic N) is 3. The second-order valence-corrected chi connectivity index (χ2v) is 6.61. The molecule has 2 heterocycles. The molecule has 4 heteroatoms. The van der Waals surface area contributed by atoms with E-state index in [2.05, 4.69) is 20.2 Å². The normalized spacial score (nSPS) is 25.8. The lowest BCUT2D eigenvalue weighted by Crippen LogP contribution is -2.41. The Morgan fingerprint density at radius 2 is 2.10 bits per heavy atom. The molecule has 108 valence electrons. The molecule has 4 nitrogen and oxygen atoms in total. The largest absolute Gasteiger partial charge is 0.356 e. The van der Waals surface area contributed by atoms with Crippen LogP contribution < -0.4 is 10.2 Å². The zero-order valence-corrected chi connectivity index (χ0v) is 12.1. The summed E-state index contributed by atoms with van der Waals surface area (Å²) in [4.78, 5) is 11.6. The first-order valence-electron chi connectivity index (χ1n) is 8.21. The molecule has 0 bridgehead atoms. The molecule has 20 heavy (non-hydrogen) atoms. The molecule has 1 atom stereocenters. The smallest absolute Gasteiger partial charge is 0.135 e. The molecule has 1 saturated heterocycles. The van der Waals surface area contributed by atoms with Gasteiger partial charge in [0.25, 0.3) is 0 Å². The van der Waals surface area contributed by atoms with Gasteiger partial charge in [0, 0.05) is 30.4 Å². The Morgan fingerprint density at radius 3 is 3.00 bits per heavy atom. The van der Waals surface area contributed by atoms with Gasteiger partial charge in [-0.3, -0.25) is 0 Å². The van der Waals surface area contributed by atoms with E-state index >= 15 is 0 Å². The number of aromatic nitrogens is 2. The molecule has 0 radical (unpaired) electrons. The number of fused-ring (bicyclic) bond motifs is 1. The van der Waals surface area contributed by atoms with Gasteiger partial charge in [0.05, 0.1) is 0 Å². The number of hydrogen-bond donors (Lipinski definition) is 1. The highest BCUT2D eigenvalue weighted by molar-refractivity contribution is 5.50. The van der Waals surface area contributed by atoms with Crippen molar-refractivity contribution in [2.45, 2.75) is 51.0 Å². The Kier molecular flexibility index (Phi) is 3.34. The Morgan fingerprint density at radius 1 is 1.15 bits per heavy atom. The fraction of sp³-hybridized carbons (Fsp3) is 0.750. The van der Waals surface area contributed by atoms with E-state index in [1.54, 1.807) is 6.33 Å². The highest BCUT2D eigenvalue weighted by Crippen LogP contribution is 2.30. The Hall–Kier alpha value is -1.16. The zero-order chi connectivity index (χ0) is 13.4. The van der Waals surface area contributed by atoms with Gasteiger partial charge in [-0.15, -0.1) is 0 Å². The predicted octanol–water partition coefficient (Wildman–Crippen LogP) is 1.93. The maximum atomic E-state index is 4.61. The van der Waals surface area contributed by atoms with Crippen molar-refractivity contribution in [3.8, 4) is 0 Å². The third kappa shape index (κ3) is 2.53. The summed E-state index contributed by atoms with van der Waals surface area (Å²) < 4.78 is 0. The monoisotopic (exact) mass is 272 g/mol. The van der Waals surface area contributed by atoms with Gasteiger partial charge in [-0.1, -0.05) is 0 Å². The van der Waals surface area contributed by atoms with E-state index in [0.717, 1.165) is 18.4 Å². The van der Waals surface area contributed by atoms with Crippen LogP contribution in [0.3, 0.4) is 0 Å². The van der Waals surface area contributed by atoms with Crippen molar-refractivity contribution in [3.05, 3.63) is 17.6 Å². The Balaban J connectivity index is 1.46. The van der Waals surface area contributed by atoms with E-state index in [1.807, 2.05) is 0 Å². The van der Waals surface area contributed by atoms with Crippen LogP contribution in [0.2, 0.25) is 0 Å². The lowest BCUT2D eigenvalue weighted by Gasteiger charge is -2.34. The number of piperidine rings is 1. The molecule has 1 aliphatic heterocycles. The molecule has 1 saturated carbocycles. The van der Waals surface area contributed by atoms with Crippen LogP contribution in [-0.4, -0.2) is 35.6 Å². The van der Waals surface area contributed by atoms with E-state index in [4.69, 9.17) is 0 Å². The summed E-state index contributed by atoms with van der Waals surface area (Å²) in [5.74, 6) is 2.03. The summed E-state index contributed by atoms with van der Waals surface area (Å²) in [6, 6.07) is 0.827. The minimum Gasteiger partial charge on any atom is -0.356 e. The van der Waals surface area contributed by atoms with Gasteiger partial charge in [-0.05, 0) is 57.4 Å². The summed E-state index contributed by atoms with van der Waals surface area (Å²) in [7, 11) is 0. The minimum atomic E-state index is 0.788. The van der Waals surface area contributed by atoms with Crippen molar-refractivity contribution in [1.82, 2.24) is 15.3 Å². The van der Waals surface area contributed by atoms with Crippen LogP contribution in [0.25, 0.3) is 0 Å². The van der Waals surface area contributed by atoms with E-state index in [0.29, 0.717) is 0 Å². The first kappa shape index (κ1) is 12.6. The fourth-order valence-corrected chi connectivity index (χ4v) is 3.66. The number of hydrogen-bond acceptors (Lipinski definition) is 4. The molecule has 3 aliphatic rings. The molecule has 1 aromatic heterocycles. The van der Waals surface area contributed by atoms with Gasteiger partial charge < -0.3 is 10.2 Å². The van der Waals surface area contributed by atoms with Crippen LogP contribution in [0.4, 0.5) is 5.82 Å². The third-order valence-corrected chi connectivity index (χ3v) is 4.94. The number of aryl methyl sites for hydroxylation is 1. The van der Waals surface area contributed by atoms with Crippen molar-refractivity contribution in [1.29, 1.82) is 0 Å². The Bertz CT molecular complexity index is 483. The molecule has 1 N–H and O–H groups in total. The van der Waals surface area contributed by atoms with Gasteiger partial charge in [0.1, 0.15) is 12.1 Å². The standard InChI is InChI=1S/C16H24N4/c1-4-14-15(5-1)18-11-19-16(14)20-8-2-3-12(10-20)9-17-13-6-7-13/h11-13,17H,1-10H2. The SMILES string of the molecule is c1nc2c(c(N3CCCC(CNC4CC4)C3)n1)CCC2. The molecule has 0 aromatic carbocycles. The van der Waals surface area contributed by atoms with Crippen LogP contribution in [0, 0.1) is 5.92 Å². The molecule has 4 rings (SSSR count). The topological polar surface area (TPSA) is 41.1 Å². The zero-order valence-electron chi connectivity index (χ0n) is 12.1. The van der Waals surface area contributed by atoms with Gasteiger partial charge in [0.15, 0.2) is 0 Å². The molecular formula is C16H24N4. The summed E-state index contributed by atoms with van der Waals surface area (Å²) in [5, 5.41) is 3.69. The van der Waals surface area contributed by atoms with Crippen molar-refractivity contribution < 1.29 is 0 Å². The average molecular weight is 272 g/mol. The molecule has 1 unspecified atom stereocenters. The predicted molar refractivity (Wildman–Crippen MR) is 80.0 cm³/mol. The van der Waals surface area contributed by atoms with Crippen molar-refractivity contribution in [2.24, 2.45) is 5.92 Å². The van der Waals surface area contributed by atoms with Crippen molar-refractivity contribution in [3.63, 3.8) is 0 Å². The van der Waals surface area contributed by atoms with E-state index in [9.17, 15) is 0 Å². The quantitative estimate of drug-likeness (QED) is 0.909. The van der Waals surface area contributed by atoms with Crippen LogP contribution >= 0.6 is 0 Å². The first-order valence-corrected chi connectivity index (χ1v) is 8.21. The fourth-order valence-electron chi connectivity index (χ4n) is 3.66. The average Bonchev–Trinajstić information content (AvgIpc) is 3.20. The molecule has 2 fully saturated rings. The van der Waals surface area contributed by atoms with Crippen molar-refractivity contribution in [2.75, 3.05) is 24.5 Å². The minimum absolute atomic E-state index is 0.788. The van der Waals surface area contributed by atoms with Crippen LogP contribution in [0.5, 0.6) is 0 Å². The van der Waals surface area contributed by atoms with Crippen molar-refractivity contribution >= 4 is 5.82 Å². The summed E-state index contributed by atoms with van der Waals surface area (Å²) in [6.45, 7) is 3.53. The molecule has 1 aromatic rings. The van der Waals surface area contributed by atoms with Gasteiger partial charge in [0.2, 0.25) is 0 Å². The maximum absolute atomic E-state index is 4.61. The highest BCUT2D eigenvalue weighted by Gasteiger charge is 2.27. The molecule has 0 spiro atoms. The van der Waals surface area contributed by atoms with E-state index < -0.39 is 0 Å². The first-order chi connectivity index (χ1) is 9.90. The summed E-state index contributed by atoms with van der Waals surface area (Å²) >= 11 is 0. The highest BCUT2D eigenvalue weighted by atomic mass is 15.2. The van der Waals surface area contributed by atoms with Gasteiger partial charge in [-0.2, -0.15) is 0 Å². The molecule has 2 aliphatic carbocycles. The third-order valence-electron chi connectivity index (χ3n) is 4.94. The van der Waals surface area contributed by atoms with E-state index in [1.165, 1.54) is 75.2 Å². The lowest BCUT2D eigenvalue weighted by atomic mass is 9.97. The van der Waals surface area contributed by atoms with Crippen LogP contribution in [-0.2, 0) is 12.8 Å². The second-order valence-electron chi connectivity index (χ2n) is 6.61. The Labute approximate surface area is 121 Å². The van der Waals surface area contributed by atoms with Gasteiger partial charge in [-0.25, -0.2) is 9.97 Å². The molecular weight excluding hydrogens is 248 g/mol. The number of rotatable bonds is 4. The van der Waals surface area contributed by atoms with Crippen LogP contribution in [0.15, 0.2) is 6.33 Å². The maximum Gasteiger partial charge on any atom is 0.135 e. The lowest BCUT2D eigenvalue weighted by molar-refractivity contribution is 0.389. The van der Waals surface area contributed by atoms with Gasteiger partial charge >= 0.3 is 0 Å². The number of nitrogens with one attached hydrogen (secondary N) is 1. The van der Waals surface area contributed by atoms with Crippen LogP contribution in [0.1, 0.15) is 43.4 Å². The summed E-state index contributed by atoms with van der Waals surface area (Å²) in [5.41, 5.74) is 2.73. The van der Waals surface area contributed by atoms with E-state index in [-0.39, 0.29) is 0 Å².